The number of carboxylic acids is 1. The second-order valence-electron chi connectivity index (χ2n) is 1.19. The van der Waals surface area contributed by atoms with Crippen molar-refractivity contribution in [1.82, 2.24) is 0 Å². The van der Waals surface area contributed by atoms with Crippen molar-refractivity contribution in [3.05, 3.63) is 0 Å². The number of aliphatic carboxylic acids is 1. The molecule has 0 radical (unpaired) electrons. The third kappa shape index (κ3) is 9.90. The van der Waals surface area contributed by atoms with Gasteiger partial charge < -0.3 is 5.11 Å². The van der Waals surface area contributed by atoms with Gasteiger partial charge in [0.1, 0.15) is 0 Å². The Morgan fingerprint density at radius 1 is 1.62 bits per heavy atom. The Kier molecular flexibility index (Phi) is 11.2. The number of alkyl halides is 1. The zero-order chi connectivity index (χ0) is 5.70. The molecule has 0 amide bonds. The van der Waals surface area contributed by atoms with E-state index in [1.54, 1.807) is 0 Å². The summed E-state index contributed by atoms with van der Waals surface area (Å²) in [4.78, 5) is 9.70. The molecule has 0 aromatic rings. The van der Waals surface area contributed by atoms with E-state index < -0.39 is 5.97 Å². The van der Waals surface area contributed by atoms with E-state index in [1.807, 2.05) is 0 Å². The average molecular weight is 147 g/mol. The van der Waals surface area contributed by atoms with Crippen molar-refractivity contribution < 1.29 is 9.90 Å². The zero-order valence-electron chi connectivity index (χ0n) is 3.85. The van der Waals surface area contributed by atoms with E-state index in [0.29, 0.717) is 12.3 Å². The van der Waals surface area contributed by atoms with Crippen molar-refractivity contribution >= 4 is 47.1 Å². The summed E-state index contributed by atoms with van der Waals surface area (Å²) in [7, 11) is 0. The van der Waals surface area contributed by atoms with Gasteiger partial charge in [-0.1, -0.05) is 0 Å². The monoisotopic (exact) mass is 146 g/mol. The first-order chi connectivity index (χ1) is 3.27. The second-order valence-corrected chi connectivity index (χ2v) is 1.56. The summed E-state index contributed by atoms with van der Waals surface area (Å²) in [6, 6.07) is 0. The molecule has 0 fully saturated rings. The predicted octanol–water partition coefficient (Wildman–Crippen LogP) is 0.442. The van der Waals surface area contributed by atoms with Gasteiger partial charge in [0.25, 0.3) is 0 Å². The topological polar surface area (TPSA) is 37.3 Å². The molecule has 0 heterocycles. The van der Waals surface area contributed by atoms with Gasteiger partial charge in [-0.3, -0.25) is 4.79 Å². The van der Waals surface area contributed by atoms with Crippen molar-refractivity contribution in [2.24, 2.45) is 0 Å². The van der Waals surface area contributed by atoms with E-state index in [2.05, 4.69) is 0 Å². The number of carboxylic acid groups (broad SMARTS) is 1. The van der Waals surface area contributed by atoms with Crippen LogP contribution in [0.4, 0.5) is 0 Å². The molecule has 0 bridgehead atoms. The second kappa shape index (κ2) is 7.76. The molecule has 0 unspecified atom stereocenters. The predicted molar refractivity (Wildman–Crippen MR) is 34.7 cm³/mol. The molecular formula is C4H8ClNaO2. The minimum absolute atomic E-state index is 0. The van der Waals surface area contributed by atoms with Crippen LogP contribution in [0.1, 0.15) is 12.8 Å². The van der Waals surface area contributed by atoms with Crippen LogP contribution in [-0.4, -0.2) is 46.5 Å². The molecule has 0 rings (SSSR count). The first kappa shape index (κ1) is 11.5. The summed E-state index contributed by atoms with van der Waals surface area (Å²) < 4.78 is 0. The fourth-order valence-electron chi connectivity index (χ4n) is 0.218. The van der Waals surface area contributed by atoms with Gasteiger partial charge in [0.15, 0.2) is 0 Å². The van der Waals surface area contributed by atoms with Crippen LogP contribution < -0.4 is 0 Å². The molecule has 0 aromatic carbocycles. The third-order valence-electron chi connectivity index (χ3n) is 0.524. The van der Waals surface area contributed by atoms with Crippen LogP contribution in [0.3, 0.4) is 0 Å². The van der Waals surface area contributed by atoms with Crippen LogP contribution in [0, 0.1) is 0 Å². The van der Waals surface area contributed by atoms with Gasteiger partial charge in [-0.2, -0.15) is 0 Å². The molecule has 2 nitrogen and oxygen atoms in total. The summed E-state index contributed by atoms with van der Waals surface area (Å²) in [5, 5.41) is 7.99. The summed E-state index contributed by atoms with van der Waals surface area (Å²) in [6.45, 7) is 0. The van der Waals surface area contributed by atoms with Crippen LogP contribution in [0.2, 0.25) is 0 Å². The molecule has 0 aliphatic carbocycles. The van der Waals surface area contributed by atoms with Gasteiger partial charge in [-0.25, -0.2) is 0 Å². The fraction of sp³-hybridized carbons (Fsp3) is 0.750. The van der Waals surface area contributed by atoms with Crippen LogP contribution in [-0.2, 0) is 4.79 Å². The minimum atomic E-state index is -0.777. The van der Waals surface area contributed by atoms with Gasteiger partial charge in [-0.15, -0.1) is 11.6 Å². The molecule has 1 N–H and O–H groups in total. The molecule has 0 aliphatic heterocycles. The summed E-state index contributed by atoms with van der Waals surface area (Å²) in [6.07, 6.45) is 0.750. The van der Waals surface area contributed by atoms with Crippen molar-refractivity contribution in [2.45, 2.75) is 12.8 Å². The molecule has 0 saturated carbocycles. The van der Waals surface area contributed by atoms with E-state index in [-0.39, 0.29) is 36.0 Å². The molecule has 44 valence electrons. The average Bonchev–Trinajstić information content (AvgIpc) is 1.61. The Hall–Kier alpha value is 0.760. The number of hydrogen-bond acceptors (Lipinski definition) is 1. The molecule has 8 heavy (non-hydrogen) atoms. The number of halogens is 1. The van der Waals surface area contributed by atoms with Gasteiger partial charge in [0.05, 0.1) is 0 Å². The van der Waals surface area contributed by atoms with Gasteiger partial charge in [-0.05, 0) is 6.42 Å². The Morgan fingerprint density at radius 3 is 2.25 bits per heavy atom. The van der Waals surface area contributed by atoms with E-state index in [9.17, 15) is 4.79 Å². The maximum atomic E-state index is 9.70. The van der Waals surface area contributed by atoms with Crippen LogP contribution in [0.15, 0.2) is 0 Å². The maximum absolute atomic E-state index is 9.70. The van der Waals surface area contributed by atoms with Gasteiger partial charge in [0.2, 0.25) is 0 Å². The SMILES string of the molecule is O=C(O)CCCCl.[NaH]. The van der Waals surface area contributed by atoms with E-state index in [1.165, 1.54) is 0 Å². The van der Waals surface area contributed by atoms with Crippen molar-refractivity contribution in [2.75, 3.05) is 5.88 Å². The first-order valence-electron chi connectivity index (χ1n) is 2.05. The Bertz CT molecular complexity index is 67.1. The fourth-order valence-corrected chi connectivity index (χ4v) is 0.352. The molecule has 0 saturated heterocycles. The van der Waals surface area contributed by atoms with Crippen molar-refractivity contribution in [3.8, 4) is 0 Å². The van der Waals surface area contributed by atoms with E-state index in [0.717, 1.165) is 0 Å². The summed E-state index contributed by atoms with van der Waals surface area (Å²) >= 11 is 5.18. The standard InChI is InChI=1S/C4H7ClO2.Na.H/c5-3-1-2-4(6)7;;/h1-3H2,(H,6,7);;. The summed E-state index contributed by atoms with van der Waals surface area (Å²) in [5.41, 5.74) is 0. The van der Waals surface area contributed by atoms with Crippen LogP contribution in [0.25, 0.3) is 0 Å². The van der Waals surface area contributed by atoms with Crippen LogP contribution in [0.5, 0.6) is 0 Å². The molecule has 4 heteroatoms. The number of carbonyl (C=O) groups is 1. The summed E-state index contributed by atoms with van der Waals surface area (Å²) in [5.74, 6) is -0.340. The number of rotatable bonds is 3. The molecule has 0 aliphatic rings. The quantitative estimate of drug-likeness (QED) is 0.464. The molecule has 0 spiro atoms. The molecule has 0 aromatic heterocycles. The van der Waals surface area contributed by atoms with Gasteiger partial charge in [0, 0.05) is 12.3 Å². The Balaban J connectivity index is 0. The van der Waals surface area contributed by atoms with E-state index >= 15 is 0 Å². The Labute approximate surface area is 75.5 Å². The zero-order valence-corrected chi connectivity index (χ0v) is 4.61. The first-order valence-corrected chi connectivity index (χ1v) is 2.58. The van der Waals surface area contributed by atoms with Crippen molar-refractivity contribution in [1.29, 1.82) is 0 Å². The Morgan fingerprint density at radius 2 is 2.12 bits per heavy atom. The van der Waals surface area contributed by atoms with Crippen molar-refractivity contribution in [3.63, 3.8) is 0 Å². The van der Waals surface area contributed by atoms with Gasteiger partial charge >= 0.3 is 35.5 Å². The van der Waals surface area contributed by atoms with E-state index in [4.69, 9.17) is 16.7 Å². The van der Waals surface area contributed by atoms with Crippen LogP contribution >= 0.6 is 11.6 Å². The molecule has 0 atom stereocenters. The normalized spacial score (nSPS) is 7.62. The number of hydrogen-bond donors (Lipinski definition) is 1. The third-order valence-corrected chi connectivity index (χ3v) is 0.792. The molecular weight excluding hydrogens is 138 g/mol.